The SMILES string of the molecule is CCO[Si](OCC)(OCC)C(OCC1CO1)C(C)CC1CO1. The van der Waals surface area contributed by atoms with E-state index in [1.165, 1.54) is 0 Å². The summed E-state index contributed by atoms with van der Waals surface area (Å²) < 4.78 is 34.9. The Hall–Kier alpha value is -0.0231. The molecule has 0 aromatic carbocycles. The summed E-state index contributed by atoms with van der Waals surface area (Å²) in [7, 11) is -2.90. The molecule has 0 spiro atoms. The summed E-state index contributed by atoms with van der Waals surface area (Å²) in [6.07, 6.45) is 1.50. The summed E-state index contributed by atoms with van der Waals surface area (Å²) >= 11 is 0. The minimum atomic E-state index is -2.90. The summed E-state index contributed by atoms with van der Waals surface area (Å²) in [5, 5.41) is 0. The lowest BCUT2D eigenvalue weighted by atomic mass is 10.1. The van der Waals surface area contributed by atoms with Gasteiger partial charge in [-0.05, 0) is 33.1 Å². The van der Waals surface area contributed by atoms with Crippen molar-refractivity contribution in [3.63, 3.8) is 0 Å². The van der Waals surface area contributed by atoms with Gasteiger partial charge in [0, 0.05) is 19.8 Å². The topological polar surface area (TPSA) is 62.0 Å². The normalized spacial score (nSPS) is 26.7. The van der Waals surface area contributed by atoms with E-state index in [1.807, 2.05) is 20.8 Å². The first-order valence-electron chi connectivity index (χ1n) is 8.41. The molecule has 0 saturated carbocycles. The van der Waals surface area contributed by atoms with E-state index in [2.05, 4.69) is 6.92 Å². The van der Waals surface area contributed by atoms with Crippen LogP contribution in [0.3, 0.4) is 0 Å². The Balaban J connectivity index is 2.09. The van der Waals surface area contributed by atoms with Crippen molar-refractivity contribution < 1.29 is 27.5 Å². The van der Waals surface area contributed by atoms with Gasteiger partial charge in [-0.2, -0.15) is 0 Å². The van der Waals surface area contributed by atoms with Gasteiger partial charge in [0.1, 0.15) is 11.8 Å². The summed E-state index contributed by atoms with van der Waals surface area (Å²) in [6.45, 7) is 11.9. The first-order valence-corrected chi connectivity index (χ1v) is 10.2. The van der Waals surface area contributed by atoms with Crippen LogP contribution in [0.1, 0.15) is 34.1 Å². The lowest BCUT2D eigenvalue weighted by molar-refractivity contribution is -0.0347. The fraction of sp³-hybridized carbons (Fsp3) is 1.00. The van der Waals surface area contributed by atoms with Crippen LogP contribution in [0.15, 0.2) is 0 Å². The molecule has 130 valence electrons. The van der Waals surface area contributed by atoms with E-state index in [0.717, 1.165) is 19.6 Å². The molecule has 2 fully saturated rings. The molecule has 0 radical (unpaired) electrons. The number of ether oxygens (including phenoxy) is 3. The highest BCUT2D eigenvalue weighted by molar-refractivity contribution is 6.62. The van der Waals surface area contributed by atoms with Gasteiger partial charge in [0.2, 0.25) is 0 Å². The standard InChI is InChI=1S/C15H30O6Si/c1-5-19-22(20-6-2,21-7-3)15(18-11-14-10-17-14)12(4)8-13-9-16-13/h12-15H,5-11H2,1-4H3. The van der Waals surface area contributed by atoms with Crippen molar-refractivity contribution >= 4 is 8.80 Å². The Morgan fingerprint density at radius 1 is 0.955 bits per heavy atom. The number of hydrogen-bond acceptors (Lipinski definition) is 6. The zero-order valence-electron chi connectivity index (χ0n) is 14.2. The van der Waals surface area contributed by atoms with Gasteiger partial charge in [-0.25, -0.2) is 0 Å². The summed E-state index contributed by atoms with van der Waals surface area (Å²) in [5.74, 6) is 0.252. The van der Waals surface area contributed by atoms with Crippen LogP contribution in [-0.4, -0.2) is 66.4 Å². The van der Waals surface area contributed by atoms with Crippen molar-refractivity contribution in [1.82, 2.24) is 0 Å². The van der Waals surface area contributed by atoms with Crippen molar-refractivity contribution in [1.29, 1.82) is 0 Å². The van der Waals surface area contributed by atoms with Gasteiger partial charge in [-0.1, -0.05) is 6.92 Å². The van der Waals surface area contributed by atoms with Gasteiger partial charge in [-0.15, -0.1) is 0 Å². The molecule has 4 unspecified atom stereocenters. The Morgan fingerprint density at radius 2 is 1.45 bits per heavy atom. The Morgan fingerprint density at radius 3 is 1.86 bits per heavy atom. The van der Waals surface area contributed by atoms with Gasteiger partial charge >= 0.3 is 8.80 Å². The first-order chi connectivity index (χ1) is 10.6. The Kier molecular flexibility index (Phi) is 7.26. The average molecular weight is 334 g/mol. The molecule has 0 bridgehead atoms. The maximum Gasteiger partial charge on any atom is 0.531 e. The maximum absolute atomic E-state index is 6.19. The maximum atomic E-state index is 6.19. The van der Waals surface area contributed by atoms with Crippen LogP contribution >= 0.6 is 0 Å². The van der Waals surface area contributed by atoms with Gasteiger partial charge in [0.05, 0.1) is 25.9 Å². The van der Waals surface area contributed by atoms with Crippen molar-refractivity contribution in [3.05, 3.63) is 0 Å². The molecular formula is C15H30O6Si. The van der Waals surface area contributed by atoms with E-state index in [1.54, 1.807) is 0 Å². The Bertz CT molecular complexity index is 304. The molecule has 0 aromatic heterocycles. The number of epoxide rings is 2. The smallest absolute Gasteiger partial charge is 0.373 e. The van der Waals surface area contributed by atoms with Crippen LogP contribution in [0.2, 0.25) is 0 Å². The number of hydrogen-bond donors (Lipinski definition) is 0. The van der Waals surface area contributed by atoms with Gasteiger partial charge in [0.15, 0.2) is 0 Å². The minimum absolute atomic E-state index is 0.180. The molecule has 2 saturated heterocycles. The lowest BCUT2D eigenvalue weighted by Crippen LogP contribution is -2.60. The molecule has 2 aliphatic rings. The molecule has 2 aliphatic heterocycles. The first kappa shape index (κ1) is 18.3. The number of rotatable bonds is 13. The predicted molar refractivity (Wildman–Crippen MR) is 83.6 cm³/mol. The molecule has 22 heavy (non-hydrogen) atoms. The van der Waals surface area contributed by atoms with Crippen LogP contribution < -0.4 is 0 Å². The highest BCUT2D eigenvalue weighted by atomic mass is 28.4. The van der Waals surface area contributed by atoms with Crippen LogP contribution in [-0.2, 0) is 27.5 Å². The summed E-state index contributed by atoms with van der Waals surface area (Å²) in [6, 6.07) is 0. The zero-order valence-corrected chi connectivity index (χ0v) is 15.2. The molecule has 0 amide bonds. The van der Waals surface area contributed by atoms with Crippen molar-refractivity contribution in [2.24, 2.45) is 5.92 Å². The summed E-state index contributed by atoms with van der Waals surface area (Å²) in [5.41, 5.74) is -0.180. The second-order valence-electron chi connectivity index (χ2n) is 5.78. The second kappa shape index (κ2) is 8.72. The molecule has 0 N–H and O–H groups in total. The largest absolute Gasteiger partial charge is 0.531 e. The van der Waals surface area contributed by atoms with E-state index in [-0.39, 0.29) is 17.7 Å². The predicted octanol–water partition coefficient (Wildman–Crippen LogP) is 1.78. The third kappa shape index (κ3) is 5.26. The van der Waals surface area contributed by atoms with Gasteiger partial charge in [0.25, 0.3) is 0 Å². The van der Waals surface area contributed by atoms with E-state index < -0.39 is 8.80 Å². The molecule has 2 rings (SSSR count). The Labute approximate surface area is 134 Å². The third-order valence-corrected chi connectivity index (χ3v) is 7.31. The second-order valence-corrected chi connectivity index (χ2v) is 8.42. The van der Waals surface area contributed by atoms with E-state index in [0.29, 0.717) is 32.5 Å². The van der Waals surface area contributed by atoms with E-state index >= 15 is 0 Å². The molecule has 0 aromatic rings. The molecular weight excluding hydrogens is 304 g/mol. The third-order valence-electron chi connectivity index (χ3n) is 3.80. The van der Waals surface area contributed by atoms with Gasteiger partial charge < -0.3 is 27.5 Å². The lowest BCUT2D eigenvalue weighted by Gasteiger charge is -2.37. The van der Waals surface area contributed by atoms with Crippen molar-refractivity contribution in [2.75, 3.05) is 39.6 Å². The van der Waals surface area contributed by atoms with Crippen LogP contribution in [0.25, 0.3) is 0 Å². The molecule has 4 atom stereocenters. The minimum Gasteiger partial charge on any atom is -0.373 e. The van der Waals surface area contributed by atoms with Crippen LogP contribution in [0.5, 0.6) is 0 Å². The van der Waals surface area contributed by atoms with E-state index in [4.69, 9.17) is 27.5 Å². The zero-order chi connectivity index (χ0) is 16.0. The highest BCUT2D eigenvalue weighted by Crippen LogP contribution is 2.31. The fourth-order valence-corrected chi connectivity index (χ4v) is 5.79. The average Bonchev–Trinajstić information content (AvgIpc) is 3.34. The van der Waals surface area contributed by atoms with E-state index in [9.17, 15) is 0 Å². The van der Waals surface area contributed by atoms with Crippen LogP contribution in [0, 0.1) is 5.92 Å². The molecule has 0 aliphatic carbocycles. The molecule has 6 nitrogen and oxygen atoms in total. The quantitative estimate of drug-likeness (QED) is 0.378. The van der Waals surface area contributed by atoms with Crippen LogP contribution in [0.4, 0.5) is 0 Å². The monoisotopic (exact) mass is 334 g/mol. The van der Waals surface area contributed by atoms with Crippen molar-refractivity contribution in [2.45, 2.75) is 52.1 Å². The summed E-state index contributed by atoms with van der Waals surface area (Å²) in [4.78, 5) is 0. The molecule has 7 heteroatoms. The van der Waals surface area contributed by atoms with Gasteiger partial charge in [-0.3, -0.25) is 0 Å². The fourth-order valence-electron chi connectivity index (χ4n) is 2.71. The van der Waals surface area contributed by atoms with Crippen molar-refractivity contribution in [3.8, 4) is 0 Å². The molecule has 2 heterocycles. The highest BCUT2D eigenvalue weighted by Gasteiger charge is 2.54.